The first-order valence-electron chi connectivity index (χ1n) is 4.19. The SMILES string of the molecule is O=C(O)c1nc(COCC(F)(F)F)ncc1Cl. The van der Waals surface area contributed by atoms with Crippen LogP contribution in [0.5, 0.6) is 0 Å². The Kier molecular flexibility index (Phi) is 4.24. The van der Waals surface area contributed by atoms with Gasteiger partial charge in [0.05, 0.1) is 11.2 Å². The van der Waals surface area contributed by atoms with Gasteiger partial charge in [-0.1, -0.05) is 11.6 Å². The van der Waals surface area contributed by atoms with Crippen molar-refractivity contribution < 1.29 is 27.8 Å². The molecule has 5 nitrogen and oxygen atoms in total. The number of nitrogens with zero attached hydrogens (tertiary/aromatic N) is 2. The van der Waals surface area contributed by atoms with E-state index in [9.17, 15) is 18.0 Å². The minimum atomic E-state index is -4.46. The molecule has 0 saturated carbocycles. The Balaban J connectivity index is 2.67. The molecule has 1 heterocycles. The van der Waals surface area contributed by atoms with Gasteiger partial charge in [0, 0.05) is 0 Å². The maximum absolute atomic E-state index is 11.7. The van der Waals surface area contributed by atoms with Crippen LogP contribution in [0.15, 0.2) is 6.20 Å². The normalized spacial score (nSPS) is 11.5. The van der Waals surface area contributed by atoms with Crippen molar-refractivity contribution in [1.29, 1.82) is 0 Å². The Morgan fingerprint density at radius 1 is 1.53 bits per heavy atom. The molecule has 0 aliphatic heterocycles. The van der Waals surface area contributed by atoms with Gasteiger partial charge in [0.2, 0.25) is 0 Å². The van der Waals surface area contributed by atoms with Crippen LogP contribution in [0.4, 0.5) is 13.2 Å². The Labute approximate surface area is 98.2 Å². The van der Waals surface area contributed by atoms with Crippen molar-refractivity contribution in [3.05, 3.63) is 22.7 Å². The zero-order valence-electron chi connectivity index (χ0n) is 8.16. The number of alkyl halides is 3. The largest absolute Gasteiger partial charge is 0.476 e. The summed E-state index contributed by atoms with van der Waals surface area (Å²) in [4.78, 5) is 17.6. The van der Waals surface area contributed by atoms with Crippen molar-refractivity contribution in [2.45, 2.75) is 12.8 Å². The molecule has 0 aliphatic rings. The van der Waals surface area contributed by atoms with Crippen molar-refractivity contribution in [3.63, 3.8) is 0 Å². The van der Waals surface area contributed by atoms with Gasteiger partial charge in [-0.3, -0.25) is 0 Å². The van der Waals surface area contributed by atoms with Crippen LogP contribution in [0.2, 0.25) is 5.02 Å². The van der Waals surface area contributed by atoms with Gasteiger partial charge in [0.25, 0.3) is 0 Å². The zero-order chi connectivity index (χ0) is 13.1. The van der Waals surface area contributed by atoms with E-state index in [0.717, 1.165) is 6.20 Å². The van der Waals surface area contributed by atoms with Gasteiger partial charge in [-0.25, -0.2) is 14.8 Å². The molecular formula is C8H6ClF3N2O3. The number of rotatable bonds is 4. The van der Waals surface area contributed by atoms with E-state index in [-0.39, 0.29) is 10.8 Å². The van der Waals surface area contributed by atoms with Crippen LogP contribution in [0.3, 0.4) is 0 Å². The van der Waals surface area contributed by atoms with Crippen LogP contribution < -0.4 is 0 Å². The van der Waals surface area contributed by atoms with Crippen LogP contribution in [0, 0.1) is 0 Å². The standard InChI is InChI=1S/C8H6ClF3N2O3/c9-4-1-13-5(14-6(4)7(15)16)2-17-3-8(10,11)12/h1H,2-3H2,(H,15,16). The van der Waals surface area contributed by atoms with E-state index in [1.54, 1.807) is 0 Å². The number of carboxylic acids is 1. The number of carboxylic acid groups (broad SMARTS) is 1. The fraction of sp³-hybridized carbons (Fsp3) is 0.375. The minimum absolute atomic E-state index is 0.184. The summed E-state index contributed by atoms with van der Waals surface area (Å²) >= 11 is 5.47. The molecular weight excluding hydrogens is 265 g/mol. The lowest BCUT2D eigenvalue weighted by molar-refractivity contribution is -0.177. The lowest BCUT2D eigenvalue weighted by Gasteiger charge is -2.07. The van der Waals surface area contributed by atoms with Crippen LogP contribution >= 0.6 is 11.6 Å². The second-order valence-corrected chi connectivity index (χ2v) is 3.30. The Hall–Kier alpha value is -1.41. The smallest absolute Gasteiger partial charge is 0.411 e. The number of hydrogen-bond donors (Lipinski definition) is 1. The van der Waals surface area contributed by atoms with E-state index >= 15 is 0 Å². The van der Waals surface area contributed by atoms with E-state index in [4.69, 9.17) is 16.7 Å². The van der Waals surface area contributed by atoms with E-state index < -0.39 is 31.1 Å². The second-order valence-electron chi connectivity index (χ2n) is 2.90. The summed E-state index contributed by atoms with van der Waals surface area (Å²) in [5, 5.41) is 8.45. The lowest BCUT2D eigenvalue weighted by atomic mass is 10.4. The van der Waals surface area contributed by atoms with Crippen LogP contribution in [-0.4, -0.2) is 33.8 Å². The molecule has 0 radical (unpaired) electrons. The van der Waals surface area contributed by atoms with Gasteiger partial charge in [-0.15, -0.1) is 0 Å². The molecule has 0 unspecified atom stereocenters. The number of aromatic carboxylic acids is 1. The summed E-state index contributed by atoms with van der Waals surface area (Å²) < 4.78 is 39.5. The third-order valence-corrected chi connectivity index (χ3v) is 1.77. The van der Waals surface area contributed by atoms with Crippen molar-refractivity contribution >= 4 is 17.6 Å². The molecule has 0 aliphatic carbocycles. The molecule has 17 heavy (non-hydrogen) atoms. The summed E-state index contributed by atoms with van der Waals surface area (Å²) in [6.45, 7) is -2.00. The average Bonchev–Trinajstić information content (AvgIpc) is 2.18. The predicted molar refractivity (Wildman–Crippen MR) is 49.7 cm³/mol. The second kappa shape index (κ2) is 5.28. The van der Waals surface area contributed by atoms with Gasteiger partial charge >= 0.3 is 12.1 Å². The van der Waals surface area contributed by atoms with E-state index in [1.807, 2.05) is 0 Å². The molecule has 1 rings (SSSR count). The van der Waals surface area contributed by atoms with E-state index in [1.165, 1.54) is 0 Å². The van der Waals surface area contributed by atoms with Crippen molar-refractivity contribution in [2.75, 3.05) is 6.61 Å². The monoisotopic (exact) mass is 270 g/mol. The molecule has 0 atom stereocenters. The highest BCUT2D eigenvalue weighted by atomic mass is 35.5. The first-order valence-corrected chi connectivity index (χ1v) is 4.56. The average molecular weight is 271 g/mol. The first kappa shape index (κ1) is 13.7. The minimum Gasteiger partial charge on any atom is -0.476 e. The van der Waals surface area contributed by atoms with Gasteiger partial charge < -0.3 is 9.84 Å². The van der Waals surface area contributed by atoms with Crippen molar-refractivity contribution in [1.82, 2.24) is 9.97 Å². The molecule has 0 aromatic carbocycles. The van der Waals surface area contributed by atoms with Crippen LogP contribution in [-0.2, 0) is 11.3 Å². The fourth-order valence-corrected chi connectivity index (χ4v) is 1.05. The summed E-state index contributed by atoms with van der Waals surface area (Å²) in [5.74, 6) is -1.58. The number of aromatic nitrogens is 2. The fourth-order valence-electron chi connectivity index (χ4n) is 0.881. The van der Waals surface area contributed by atoms with Crippen molar-refractivity contribution in [3.8, 4) is 0 Å². The maximum atomic E-state index is 11.7. The predicted octanol–water partition coefficient (Wildman–Crippen LogP) is 1.91. The highest BCUT2D eigenvalue weighted by Crippen LogP contribution is 2.16. The molecule has 9 heteroatoms. The maximum Gasteiger partial charge on any atom is 0.411 e. The lowest BCUT2D eigenvalue weighted by Crippen LogP contribution is -2.17. The quantitative estimate of drug-likeness (QED) is 0.905. The van der Waals surface area contributed by atoms with E-state index in [2.05, 4.69) is 14.7 Å². The van der Waals surface area contributed by atoms with Gasteiger partial charge in [0.1, 0.15) is 13.2 Å². The van der Waals surface area contributed by atoms with Crippen LogP contribution in [0.1, 0.15) is 16.3 Å². The third-order valence-electron chi connectivity index (χ3n) is 1.49. The molecule has 0 bridgehead atoms. The van der Waals surface area contributed by atoms with Gasteiger partial charge in [-0.05, 0) is 0 Å². The number of ether oxygens (including phenoxy) is 1. The molecule has 0 saturated heterocycles. The molecule has 0 fully saturated rings. The summed E-state index contributed by atoms with van der Waals surface area (Å²) in [7, 11) is 0. The first-order chi connectivity index (χ1) is 7.79. The molecule has 1 aromatic heterocycles. The highest BCUT2D eigenvalue weighted by Gasteiger charge is 2.27. The van der Waals surface area contributed by atoms with Gasteiger partial charge in [-0.2, -0.15) is 13.2 Å². The molecule has 94 valence electrons. The summed E-state index contributed by atoms with van der Waals surface area (Å²) in [6.07, 6.45) is -3.47. The third kappa shape index (κ3) is 4.53. The zero-order valence-corrected chi connectivity index (χ0v) is 8.92. The van der Waals surface area contributed by atoms with Crippen LogP contribution in [0.25, 0.3) is 0 Å². The summed E-state index contributed by atoms with van der Waals surface area (Å²) in [6, 6.07) is 0. The molecule has 1 aromatic rings. The Morgan fingerprint density at radius 2 is 2.18 bits per heavy atom. The number of halogens is 4. The van der Waals surface area contributed by atoms with Gasteiger partial charge in [0.15, 0.2) is 11.5 Å². The number of carbonyl (C=O) groups is 1. The molecule has 0 spiro atoms. The molecule has 0 amide bonds. The topological polar surface area (TPSA) is 72.3 Å². The Bertz CT molecular complexity index is 425. The Morgan fingerprint density at radius 3 is 2.71 bits per heavy atom. The van der Waals surface area contributed by atoms with E-state index in [0.29, 0.717) is 0 Å². The van der Waals surface area contributed by atoms with Crippen molar-refractivity contribution in [2.24, 2.45) is 0 Å². The number of hydrogen-bond acceptors (Lipinski definition) is 4. The molecule has 1 N–H and O–H groups in total. The highest BCUT2D eigenvalue weighted by molar-refractivity contribution is 6.33. The summed E-state index contributed by atoms with van der Waals surface area (Å²) in [5.41, 5.74) is -0.479.